The molecule has 0 amide bonds. The molecule has 3 aromatic carbocycles. The zero-order valence-corrected chi connectivity index (χ0v) is 34.6. The minimum absolute atomic E-state index is 0.0260. The van der Waals surface area contributed by atoms with Gasteiger partial charge in [0.1, 0.15) is 17.1 Å². The van der Waals surface area contributed by atoms with Gasteiger partial charge in [-0.2, -0.15) is 18.4 Å². The van der Waals surface area contributed by atoms with Crippen molar-refractivity contribution in [1.29, 1.82) is 0 Å². The van der Waals surface area contributed by atoms with Gasteiger partial charge in [-0.3, -0.25) is 4.72 Å². The van der Waals surface area contributed by atoms with Crippen molar-refractivity contribution in [2.75, 3.05) is 23.3 Å². The number of carboxylic acids is 1. The lowest BCUT2D eigenvalue weighted by Crippen LogP contribution is -2.36. The summed E-state index contributed by atoms with van der Waals surface area (Å²) in [6.45, 7) is 6.48. The fourth-order valence-electron chi connectivity index (χ4n) is 7.06. The van der Waals surface area contributed by atoms with E-state index in [2.05, 4.69) is 21.6 Å². The highest BCUT2D eigenvalue weighted by Gasteiger charge is 2.40. The van der Waals surface area contributed by atoms with Crippen LogP contribution in [0.15, 0.2) is 81.6 Å². The number of unbranched alkanes of at least 4 members (excludes halogenated alkanes) is 15. The Bertz CT molecular complexity index is 1960. The summed E-state index contributed by atoms with van der Waals surface area (Å²) in [5.41, 5.74) is 1.06. The van der Waals surface area contributed by atoms with Crippen molar-refractivity contribution in [3.63, 3.8) is 0 Å². The number of amidine groups is 1. The molecular formula is C42H60N4O7S2. The number of sulfonamides is 2. The molecule has 0 aliphatic carbocycles. The number of nitrogens with one attached hydrogen (secondary N) is 2. The van der Waals surface area contributed by atoms with Crippen molar-refractivity contribution in [1.82, 2.24) is 4.83 Å². The summed E-state index contributed by atoms with van der Waals surface area (Å²) in [5.74, 6) is -0.729. The predicted molar refractivity (Wildman–Crippen MR) is 221 cm³/mol. The molecule has 11 nitrogen and oxygen atoms in total. The number of carboxylic acid groups (broad SMARTS) is 1. The van der Waals surface area contributed by atoms with Crippen LogP contribution in [0.3, 0.4) is 0 Å². The van der Waals surface area contributed by atoms with Crippen LogP contribution in [-0.2, 0) is 25.5 Å². The number of hydrazone groups is 1. The van der Waals surface area contributed by atoms with Crippen molar-refractivity contribution >= 4 is 43.2 Å². The van der Waals surface area contributed by atoms with Gasteiger partial charge in [-0.15, -0.1) is 0 Å². The minimum Gasteiger partial charge on any atom is -0.493 e. The highest BCUT2D eigenvalue weighted by molar-refractivity contribution is 7.92. The number of rotatable bonds is 25. The number of likely N-dealkylation sites (N-methyl/N-ethyl adjacent to an activating group) is 1. The maximum Gasteiger partial charge on any atom is 0.339 e. The second-order valence-corrected chi connectivity index (χ2v) is 18.3. The smallest absolute Gasteiger partial charge is 0.339 e. The number of fused-ring (bicyclic) bond motifs is 1. The van der Waals surface area contributed by atoms with E-state index in [1.165, 1.54) is 120 Å². The Labute approximate surface area is 329 Å². The first-order chi connectivity index (χ1) is 26.3. The van der Waals surface area contributed by atoms with Gasteiger partial charge >= 0.3 is 5.97 Å². The van der Waals surface area contributed by atoms with Gasteiger partial charge in [0.05, 0.1) is 27.5 Å². The molecule has 0 saturated heterocycles. The summed E-state index contributed by atoms with van der Waals surface area (Å²) >= 11 is 0. The maximum atomic E-state index is 13.4. The van der Waals surface area contributed by atoms with Gasteiger partial charge in [-0.05, 0) is 68.3 Å². The zero-order valence-electron chi connectivity index (χ0n) is 33.0. The van der Waals surface area contributed by atoms with Gasteiger partial charge in [-0.25, -0.2) is 13.2 Å². The van der Waals surface area contributed by atoms with Crippen LogP contribution < -0.4 is 19.2 Å². The minimum atomic E-state index is -4.30. The summed E-state index contributed by atoms with van der Waals surface area (Å²) in [6.07, 6.45) is 20.0. The van der Waals surface area contributed by atoms with Gasteiger partial charge in [0, 0.05) is 12.7 Å². The number of aromatic carboxylic acids is 1. The molecule has 302 valence electrons. The zero-order chi connectivity index (χ0) is 39.9. The summed E-state index contributed by atoms with van der Waals surface area (Å²) in [6, 6.07) is 16.7. The van der Waals surface area contributed by atoms with E-state index in [0.717, 1.165) is 36.6 Å². The summed E-state index contributed by atoms with van der Waals surface area (Å²) in [5, 5.41) is 14.1. The molecule has 0 atom stereocenters. The third-order valence-corrected chi connectivity index (χ3v) is 12.8. The third-order valence-electron chi connectivity index (χ3n) is 10.2. The van der Waals surface area contributed by atoms with Gasteiger partial charge in [0.15, 0.2) is 0 Å². The fourth-order valence-corrected chi connectivity index (χ4v) is 8.99. The van der Waals surface area contributed by atoms with E-state index in [1.807, 2.05) is 50.1 Å². The standard InChI is InChI=1S/C42H60N4O7S2/c1-5-6-7-8-9-10-11-12-13-14-15-16-17-18-19-22-30-53-39-29-28-35(32-36(39)40(47)48)54(49,50)44-33-24-23-25-34(31-33)55(51,52)45-43-41-42(2,3)37-26-20-21-27-38(37)46(41)4/h20-21,23-29,31-32,44-45H,5-19,22,30H2,1-4H3,(H,47,48). The predicted octanol–water partition coefficient (Wildman–Crippen LogP) is 9.85. The van der Waals surface area contributed by atoms with Crippen molar-refractivity contribution in [2.45, 2.75) is 139 Å². The third kappa shape index (κ3) is 12.4. The number of anilines is 2. The molecule has 0 radical (unpaired) electrons. The molecule has 0 spiro atoms. The Kier molecular flexibility index (Phi) is 16.4. The first kappa shape index (κ1) is 43.6. The Morgan fingerprint density at radius 1 is 0.727 bits per heavy atom. The highest BCUT2D eigenvalue weighted by Crippen LogP contribution is 2.41. The Morgan fingerprint density at radius 2 is 1.29 bits per heavy atom. The van der Waals surface area contributed by atoms with Crippen LogP contribution in [0.25, 0.3) is 0 Å². The van der Waals surface area contributed by atoms with Crippen LogP contribution in [0.4, 0.5) is 11.4 Å². The monoisotopic (exact) mass is 796 g/mol. The molecule has 1 aliphatic heterocycles. The average molecular weight is 797 g/mol. The van der Waals surface area contributed by atoms with Crippen LogP contribution in [0.2, 0.25) is 0 Å². The molecule has 55 heavy (non-hydrogen) atoms. The molecule has 0 unspecified atom stereocenters. The lowest BCUT2D eigenvalue weighted by Gasteiger charge is -2.22. The number of nitrogens with zero attached hydrogens (tertiary/aromatic N) is 2. The first-order valence-corrected chi connectivity index (χ1v) is 22.8. The number of carbonyl (C=O) groups is 1. The molecule has 0 saturated carbocycles. The molecule has 3 N–H and O–H groups in total. The van der Waals surface area contributed by atoms with E-state index >= 15 is 0 Å². The van der Waals surface area contributed by atoms with Crippen molar-refractivity contribution in [3.05, 3.63) is 77.9 Å². The number of para-hydroxylation sites is 1. The lowest BCUT2D eigenvalue weighted by molar-refractivity contribution is 0.0691. The Balaban J connectivity index is 1.23. The second kappa shape index (κ2) is 20.7. The van der Waals surface area contributed by atoms with Crippen LogP contribution in [0.1, 0.15) is 139 Å². The molecule has 13 heteroatoms. The van der Waals surface area contributed by atoms with Crippen molar-refractivity contribution < 1.29 is 31.5 Å². The fraction of sp³-hybridized carbons (Fsp3) is 0.524. The molecular weight excluding hydrogens is 737 g/mol. The van der Waals surface area contributed by atoms with Gasteiger partial charge in [0.2, 0.25) is 0 Å². The summed E-state index contributed by atoms with van der Waals surface area (Å²) in [4.78, 5) is 15.7. The van der Waals surface area contributed by atoms with E-state index in [9.17, 15) is 26.7 Å². The highest BCUT2D eigenvalue weighted by atomic mass is 32.2. The van der Waals surface area contributed by atoms with Crippen LogP contribution >= 0.6 is 0 Å². The molecule has 1 heterocycles. The van der Waals surface area contributed by atoms with E-state index in [0.29, 0.717) is 12.4 Å². The van der Waals surface area contributed by atoms with E-state index in [4.69, 9.17) is 4.74 Å². The second-order valence-electron chi connectivity index (χ2n) is 15.0. The largest absolute Gasteiger partial charge is 0.493 e. The first-order valence-electron chi connectivity index (χ1n) is 19.8. The molecule has 0 bridgehead atoms. The number of hydrogen-bond donors (Lipinski definition) is 3. The SMILES string of the molecule is CCCCCCCCCCCCCCCCCCOc1ccc(S(=O)(=O)Nc2cccc(S(=O)(=O)NN=C3N(C)c4ccccc4C3(C)C)c2)cc1C(=O)O. The maximum absolute atomic E-state index is 13.4. The van der Waals surface area contributed by atoms with E-state index in [-0.39, 0.29) is 26.8 Å². The molecule has 1 aliphatic rings. The van der Waals surface area contributed by atoms with Crippen LogP contribution in [0, 0.1) is 0 Å². The van der Waals surface area contributed by atoms with Crippen molar-refractivity contribution in [3.8, 4) is 5.75 Å². The number of benzene rings is 3. The Morgan fingerprint density at radius 3 is 1.87 bits per heavy atom. The summed E-state index contributed by atoms with van der Waals surface area (Å²) < 4.78 is 61.4. The van der Waals surface area contributed by atoms with Gasteiger partial charge < -0.3 is 14.7 Å². The lowest BCUT2D eigenvalue weighted by atomic mass is 9.86. The molecule has 0 fully saturated rings. The normalized spacial score (nSPS) is 14.5. The van der Waals surface area contributed by atoms with Gasteiger partial charge in [-0.1, -0.05) is 128 Å². The van der Waals surface area contributed by atoms with Crippen LogP contribution in [-0.4, -0.2) is 47.4 Å². The number of hydrogen-bond acceptors (Lipinski definition) is 7. The van der Waals surface area contributed by atoms with E-state index < -0.39 is 31.4 Å². The topological polar surface area (TPSA) is 154 Å². The molecule has 3 aromatic rings. The molecule has 0 aromatic heterocycles. The quantitative estimate of drug-likeness (QED) is 0.0566. The van der Waals surface area contributed by atoms with E-state index in [1.54, 1.807) is 0 Å². The van der Waals surface area contributed by atoms with Crippen molar-refractivity contribution in [2.24, 2.45) is 5.10 Å². The Hall–Kier alpha value is -4.10. The van der Waals surface area contributed by atoms with Crippen LogP contribution in [0.5, 0.6) is 5.75 Å². The molecule has 4 rings (SSSR count). The summed E-state index contributed by atoms with van der Waals surface area (Å²) in [7, 11) is -6.68. The van der Waals surface area contributed by atoms with Gasteiger partial charge in [0.25, 0.3) is 20.0 Å². The average Bonchev–Trinajstić information content (AvgIpc) is 3.35. The number of ether oxygens (including phenoxy) is 1.